The third-order valence-electron chi connectivity index (χ3n) is 2.10. The molecule has 0 atom stereocenters. The molecule has 0 saturated carbocycles. The lowest BCUT2D eigenvalue weighted by atomic mass is 10.1. The van der Waals surface area contributed by atoms with E-state index in [1.54, 1.807) is 13.0 Å². The molecule has 1 nitrogen and oxygen atoms in total. The van der Waals surface area contributed by atoms with E-state index >= 15 is 0 Å². The van der Waals surface area contributed by atoms with Gasteiger partial charge in [-0.05, 0) is 18.4 Å². The van der Waals surface area contributed by atoms with Crippen LogP contribution in [0.4, 0.5) is 8.78 Å². The van der Waals surface area contributed by atoms with Gasteiger partial charge in [-0.2, -0.15) is 0 Å². The highest BCUT2D eigenvalue weighted by molar-refractivity contribution is 7.98. The van der Waals surface area contributed by atoms with Crippen molar-refractivity contribution in [2.45, 2.75) is 24.7 Å². The second-order valence-electron chi connectivity index (χ2n) is 3.04. The number of alkyl halides is 2. The van der Waals surface area contributed by atoms with E-state index in [0.717, 1.165) is 4.90 Å². The molecule has 0 fully saturated rings. The number of benzene rings is 1. The SMILES string of the molecule is CCC(=O)c1cc(C(F)F)ccc1SC. The van der Waals surface area contributed by atoms with E-state index in [9.17, 15) is 13.6 Å². The fourth-order valence-electron chi connectivity index (χ4n) is 1.27. The van der Waals surface area contributed by atoms with E-state index in [2.05, 4.69) is 0 Å². The lowest BCUT2D eigenvalue weighted by Crippen LogP contribution is -2.00. The lowest BCUT2D eigenvalue weighted by molar-refractivity contribution is 0.0984. The molecule has 0 radical (unpaired) electrons. The van der Waals surface area contributed by atoms with Crippen LogP contribution in [0.5, 0.6) is 0 Å². The van der Waals surface area contributed by atoms with Gasteiger partial charge in [-0.3, -0.25) is 4.79 Å². The maximum atomic E-state index is 12.4. The van der Waals surface area contributed by atoms with Crippen molar-refractivity contribution in [3.63, 3.8) is 0 Å². The molecule has 0 amide bonds. The van der Waals surface area contributed by atoms with Gasteiger partial charge in [-0.25, -0.2) is 8.78 Å². The van der Waals surface area contributed by atoms with Crippen LogP contribution in [0.15, 0.2) is 23.1 Å². The van der Waals surface area contributed by atoms with Gasteiger partial charge in [0.2, 0.25) is 0 Å². The Balaban J connectivity index is 3.19. The average Bonchev–Trinajstić information content (AvgIpc) is 2.27. The number of thioether (sulfide) groups is 1. The second kappa shape index (κ2) is 5.26. The highest BCUT2D eigenvalue weighted by Gasteiger charge is 2.14. The first kappa shape index (κ1) is 12.2. The minimum absolute atomic E-state index is 0.0930. The Labute approximate surface area is 91.9 Å². The Hall–Kier alpha value is -0.900. The van der Waals surface area contributed by atoms with E-state index in [4.69, 9.17) is 0 Å². The number of carbonyl (C=O) groups excluding carboxylic acids is 1. The molecule has 0 heterocycles. The van der Waals surface area contributed by atoms with Crippen molar-refractivity contribution in [2.24, 2.45) is 0 Å². The monoisotopic (exact) mass is 230 g/mol. The second-order valence-corrected chi connectivity index (χ2v) is 3.89. The molecule has 0 saturated heterocycles. The maximum absolute atomic E-state index is 12.4. The normalized spacial score (nSPS) is 10.7. The van der Waals surface area contributed by atoms with Gasteiger partial charge >= 0.3 is 0 Å². The third-order valence-corrected chi connectivity index (χ3v) is 2.89. The van der Waals surface area contributed by atoms with Crippen LogP contribution in [0, 0.1) is 0 Å². The van der Waals surface area contributed by atoms with Crippen LogP contribution in [0.25, 0.3) is 0 Å². The summed E-state index contributed by atoms with van der Waals surface area (Å²) in [5.41, 5.74) is 0.312. The van der Waals surface area contributed by atoms with Gasteiger partial charge < -0.3 is 0 Å². The molecule has 0 bridgehead atoms. The summed E-state index contributed by atoms with van der Waals surface area (Å²) in [5.74, 6) is -0.0955. The largest absolute Gasteiger partial charge is 0.294 e. The molecule has 15 heavy (non-hydrogen) atoms. The van der Waals surface area contributed by atoms with Gasteiger partial charge in [0.05, 0.1) is 0 Å². The van der Waals surface area contributed by atoms with Crippen molar-refractivity contribution in [1.29, 1.82) is 0 Å². The van der Waals surface area contributed by atoms with Crippen LogP contribution >= 0.6 is 11.8 Å². The Kier molecular flexibility index (Phi) is 4.27. The van der Waals surface area contributed by atoms with Crippen LogP contribution < -0.4 is 0 Å². The van der Waals surface area contributed by atoms with Crippen LogP contribution in [0.3, 0.4) is 0 Å². The molecular formula is C11H12F2OS. The molecule has 0 aliphatic carbocycles. The summed E-state index contributed by atoms with van der Waals surface area (Å²) in [5, 5.41) is 0. The standard InChI is InChI=1S/C11H12F2OS/c1-3-9(14)8-6-7(11(12)13)4-5-10(8)15-2/h4-6,11H,3H2,1-2H3. The summed E-state index contributed by atoms with van der Waals surface area (Å²) in [7, 11) is 0. The minimum atomic E-state index is -2.52. The van der Waals surface area contributed by atoms with Crippen molar-refractivity contribution < 1.29 is 13.6 Å². The number of carbonyl (C=O) groups is 1. The maximum Gasteiger partial charge on any atom is 0.263 e. The minimum Gasteiger partial charge on any atom is -0.294 e. The summed E-state index contributed by atoms with van der Waals surface area (Å²) in [6.45, 7) is 1.72. The lowest BCUT2D eigenvalue weighted by Gasteiger charge is -2.07. The average molecular weight is 230 g/mol. The highest BCUT2D eigenvalue weighted by Crippen LogP contribution is 2.27. The zero-order valence-electron chi connectivity index (χ0n) is 8.59. The number of hydrogen-bond donors (Lipinski definition) is 0. The summed E-state index contributed by atoms with van der Waals surface area (Å²) in [6.07, 6.45) is -0.367. The molecule has 0 spiro atoms. The zero-order valence-corrected chi connectivity index (χ0v) is 9.41. The summed E-state index contributed by atoms with van der Waals surface area (Å²) < 4.78 is 24.9. The first-order valence-electron chi connectivity index (χ1n) is 4.59. The predicted octanol–water partition coefficient (Wildman–Crippen LogP) is 3.94. The fourth-order valence-corrected chi connectivity index (χ4v) is 1.87. The molecule has 1 aromatic rings. The predicted molar refractivity (Wildman–Crippen MR) is 57.8 cm³/mol. The highest BCUT2D eigenvalue weighted by atomic mass is 32.2. The van der Waals surface area contributed by atoms with Crippen LogP contribution in [0.2, 0.25) is 0 Å². The number of hydrogen-bond acceptors (Lipinski definition) is 2. The number of ketones is 1. The van der Waals surface area contributed by atoms with Gasteiger partial charge in [-0.1, -0.05) is 13.0 Å². The molecule has 0 aliphatic heterocycles. The van der Waals surface area contributed by atoms with E-state index in [-0.39, 0.29) is 11.3 Å². The van der Waals surface area contributed by atoms with Gasteiger partial charge in [0.1, 0.15) is 0 Å². The van der Waals surface area contributed by atoms with Crippen LogP contribution in [-0.2, 0) is 0 Å². The smallest absolute Gasteiger partial charge is 0.263 e. The molecule has 0 N–H and O–H groups in total. The molecule has 1 aromatic carbocycles. The van der Waals surface area contributed by atoms with Gasteiger partial charge in [-0.15, -0.1) is 11.8 Å². The van der Waals surface area contributed by atoms with Crippen molar-refractivity contribution in [2.75, 3.05) is 6.26 Å². The zero-order chi connectivity index (χ0) is 11.4. The molecule has 1 rings (SSSR count). The van der Waals surface area contributed by atoms with Gasteiger partial charge in [0.15, 0.2) is 5.78 Å². The van der Waals surface area contributed by atoms with Crippen molar-refractivity contribution >= 4 is 17.5 Å². The summed E-state index contributed by atoms with van der Waals surface area (Å²) in [4.78, 5) is 12.3. The van der Waals surface area contributed by atoms with E-state index in [0.29, 0.717) is 12.0 Å². The van der Waals surface area contributed by atoms with Crippen molar-refractivity contribution in [1.82, 2.24) is 0 Å². The van der Waals surface area contributed by atoms with Crippen molar-refractivity contribution in [3.8, 4) is 0 Å². The van der Waals surface area contributed by atoms with Crippen LogP contribution in [0.1, 0.15) is 35.7 Å². The number of halogens is 2. The Morgan fingerprint density at radius 2 is 2.13 bits per heavy atom. The molecule has 0 aromatic heterocycles. The molecule has 4 heteroatoms. The number of rotatable bonds is 4. The molecule has 82 valence electrons. The third kappa shape index (κ3) is 2.78. The van der Waals surface area contributed by atoms with Gasteiger partial charge in [0.25, 0.3) is 6.43 Å². The Morgan fingerprint density at radius 1 is 1.47 bits per heavy atom. The van der Waals surface area contributed by atoms with E-state index in [1.807, 2.05) is 6.26 Å². The first-order chi connectivity index (χ1) is 7.10. The molecule has 0 unspecified atom stereocenters. The molecule has 0 aliphatic rings. The van der Waals surface area contributed by atoms with Crippen molar-refractivity contribution in [3.05, 3.63) is 29.3 Å². The Bertz CT molecular complexity index is 364. The summed E-state index contributed by atoms with van der Waals surface area (Å²) >= 11 is 1.39. The van der Waals surface area contributed by atoms with E-state index in [1.165, 1.54) is 23.9 Å². The first-order valence-corrected chi connectivity index (χ1v) is 5.82. The van der Waals surface area contributed by atoms with Gasteiger partial charge in [0, 0.05) is 22.4 Å². The summed E-state index contributed by atoms with van der Waals surface area (Å²) in [6, 6.07) is 4.24. The molecular weight excluding hydrogens is 218 g/mol. The Morgan fingerprint density at radius 3 is 2.60 bits per heavy atom. The number of Topliss-reactive ketones (excluding diaryl/α,β-unsaturated/α-hetero) is 1. The topological polar surface area (TPSA) is 17.1 Å². The van der Waals surface area contributed by atoms with E-state index < -0.39 is 6.43 Å². The van der Waals surface area contributed by atoms with Crippen LogP contribution in [-0.4, -0.2) is 12.0 Å². The fraction of sp³-hybridized carbons (Fsp3) is 0.364. The quantitative estimate of drug-likeness (QED) is 0.575.